The Bertz CT molecular complexity index is 787. The van der Waals surface area contributed by atoms with Crippen LogP contribution < -0.4 is 10.7 Å². The van der Waals surface area contributed by atoms with Crippen molar-refractivity contribution in [3.63, 3.8) is 0 Å². The molecular weight excluding hydrogens is 308 g/mol. The Labute approximate surface area is 139 Å². The van der Waals surface area contributed by atoms with Crippen molar-refractivity contribution in [1.82, 2.24) is 5.43 Å². The second kappa shape index (κ2) is 7.87. The van der Waals surface area contributed by atoms with Crippen LogP contribution in [0, 0.1) is 17.0 Å². The number of carbonyl (C=O) groups excluding carboxylic acids is 1. The number of para-hydroxylation sites is 1. The maximum absolute atomic E-state index is 11.8. The van der Waals surface area contributed by atoms with Gasteiger partial charge < -0.3 is 5.32 Å². The molecule has 124 valence electrons. The van der Waals surface area contributed by atoms with Gasteiger partial charge in [-0.25, -0.2) is 5.43 Å². The number of anilines is 1. The van der Waals surface area contributed by atoms with E-state index in [0.29, 0.717) is 11.3 Å². The number of hydrazone groups is 1. The molecule has 0 spiro atoms. The second-order valence-corrected chi connectivity index (χ2v) is 5.21. The molecule has 0 aliphatic rings. The molecule has 0 unspecified atom stereocenters. The van der Waals surface area contributed by atoms with Gasteiger partial charge in [0.15, 0.2) is 0 Å². The molecule has 0 fully saturated rings. The van der Waals surface area contributed by atoms with Gasteiger partial charge in [0.2, 0.25) is 0 Å². The Hall–Kier alpha value is -3.22. The number of nitrogens with zero attached hydrogens (tertiary/aromatic N) is 2. The first-order chi connectivity index (χ1) is 11.5. The number of benzene rings is 2. The molecular formula is C17H18N4O3. The molecule has 0 saturated carbocycles. The van der Waals surface area contributed by atoms with Crippen molar-refractivity contribution in [2.45, 2.75) is 13.8 Å². The van der Waals surface area contributed by atoms with Crippen molar-refractivity contribution >= 4 is 23.0 Å². The van der Waals surface area contributed by atoms with Gasteiger partial charge in [0, 0.05) is 23.4 Å². The predicted octanol–water partition coefficient (Wildman–Crippen LogP) is 2.86. The fourth-order valence-corrected chi connectivity index (χ4v) is 2.04. The van der Waals surface area contributed by atoms with Gasteiger partial charge in [-0.1, -0.05) is 30.3 Å². The van der Waals surface area contributed by atoms with Gasteiger partial charge >= 0.3 is 0 Å². The topological polar surface area (TPSA) is 96.6 Å². The number of hydrogen-bond acceptors (Lipinski definition) is 5. The summed E-state index contributed by atoms with van der Waals surface area (Å²) in [7, 11) is 0. The van der Waals surface area contributed by atoms with Gasteiger partial charge in [-0.05, 0) is 25.5 Å². The predicted molar refractivity (Wildman–Crippen MR) is 93.1 cm³/mol. The van der Waals surface area contributed by atoms with E-state index in [0.717, 1.165) is 11.3 Å². The van der Waals surface area contributed by atoms with Gasteiger partial charge in [-0.3, -0.25) is 14.9 Å². The summed E-state index contributed by atoms with van der Waals surface area (Å²) >= 11 is 0. The van der Waals surface area contributed by atoms with Gasteiger partial charge in [0.25, 0.3) is 11.6 Å². The highest BCUT2D eigenvalue weighted by Gasteiger charge is 2.08. The standard InChI is InChI=1S/C17H18N4O3/c1-12-6-3-4-9-16(12)18-11-17(22)20-19-13(2)14-7-5-8-15(10-14)21(23)24/h3-10,18H,11H2,1-2H3,(H,20,22)/b19-13+. The molecule has 2 aromatic rings. The summed E-state index contributed by atoms with van der Waals surface area (Å²) in [6.45, 7) is 3.70. The van der Waals surface area contributed by atoms with E-state index in [9.17, 15) is 14.9 Å². The van der Waals surface area contributed by atoms with Crippen LogP contribution in [0.1, 0.15) is 18.1 Å². The molecule has 0 atom stereocenters. The van der Waals surface area contributed by atoms with Crippen LogP contribution in [0.4, 0.5) is 11.4 Å². The number of nitro groups is 1. The summed E-state index contributed by atoms with van der Waals surface area (Å²) in [4.78, 5) is 22.2. The van der Waals surface area contributed by atoms with Gasteiger partial charge in [0.1, 0.15) is 0 Å². The van der Waals surface area contributed by atoms with E-state index < -0.39 is 4.92 Å². The van der Waals surface area contributed by atoms with Crippen LogP contribution in [-0.4, -0.2) is 23.1 Å². The maximum atomic E-state index is 11.8. The quantitative estimate of drug-likeness (QED) is 0.484. The zero-order valence-electron chi connectivity index (χ0n) is 13.4. The lowest BCUT2D eigenvalue weighted by molar-refractivity contribution is -0.384. The maximum Gasteiger partial charge on any atom is 0.270 e. The third-order valence-corrected chi connectivity index (χ3v) is 3.41. The molecule has 2 rings (SSSR count). The van der Waals surface area contributed by atoms with Crippen LogP contribution in [0.15, 0.2) is 53.6 Å². The summed E-state index contributed by atoms with van der Waals surface area (Å²) in [5, 5.41) is 17.8. The number of hydrogen-bond donors (Lipinski definition) is 2. The van der Waals surface area contributed by atoms with Crippen molar-refractivity contribution in [2.24, 2.45) is 5.10 Å². The molecule has 24 heavy (non-hydrogen) atoms. The molecule has 0 aliphatic heterocycles. The van der Waals surface area contributed by atoms with Crippen LogP contribution in [0.3, 0.4) is 0 Å². The van der Waals surface area contributed by atoms with Crippen molar-refractivity contribution < 1.29 is 9.72 Å². The highest BCUT2D eigenvalue weighted by molar-refractivity contribution is 5.99. The summed E-state index contributed by atoms with van der Waals surface area (Å²) in [6.07, 6.45) is 0. The van der Waals surface area contributed by atoms with Crippen LogP contribution in [0.2, 0.25) is 0 Å². The van der Waals surface area contributed by atoms with Crippen molar-refractivity contribution in [2.75, 3.05) is 11.9 Å². The van der Waals surface area contributed by atoms with E-state index in [2.05, 4.69) is 15.8 Å². The van der Waals surface area contributed by atoms with Crippen LogP contribution in [-0.2, 0) is 4.79 Å². The average molecular weight is 326 g/mol. The summed E-state index contributed by atoms with van der Waals surface area (Å²) in [5.41, 5.74) is 5.41. The highest BCUT2D eigenvalue weighted by atomic mass is 16.6. The smallest absolute Gasteiger partial charge is 0.270 e. The molecule has 7 heteroatoms. The number of aryl methyl sites for hydroxylation is 1. The minimum atomic E-state index is -0.471. The lowest BCUT2D eigenvalue weighted by Gasteiger charge is -2.08. The third kappa shape index (κ3) is 4.64. The molecule has 0 bridgehead atoms. The first-order valence-corrected chi connectivity index (χ1v) is 7.35. The highest BCUT2D eigenvalue weighted by Crippen LogP contribution is 2.14. The Morgan fingerprint density at radius 2 is 1.96 bits per heavy atom. The van der Waals surface area contributed by atoms with Crippen molar-refractivity contribution in [3.05, 3.63) is 69.8 Å². The Kier molecular flexibility index (Phi) is 5.62. The number of rotatable bonds is 6. The molecule has 0 aliphatic carbocycles. The normalized spacial score (nSPS) is 11.0. The zero-order chi connectivity index (χ0) is 17.5. The van der Waals surface area contributed by atoms with E-state index in [1.807, 2.05) is 31.2 Å². The largest absolute Gasteiger partial charge is 0.376 e. The van der Waals surface area contributed by atoms with Crippen LogP contribution >= 0.6 is 0 Å². The molecule has 7 nitrogen and oxygen atoms in total. The number of non-ortho nitro benzene ring substituents is 1. The van der Waals surface area contributed by atoms with E-state index >= 15 is 0 Å². The second-order valence-electron chi connectivity index (χ2n) is 5.21. The molecule has 2 N–H and O–H groups in total. The van der Waals surface area contributed by atoms with Crippen LogP contribution in [0.5, 0.6) is 0 Å². The SMILES string of the molecule is C/C(=N\NC(=O)CNc1ccccc1C)c1cccc([N+](=O)[O-])c1. The van der Waals surface area contributed by atoms with Gasteiger partial charge in [0.05, 0.1) is 17.2 Å². The first kappa shape index (κ1) is 17.1. The fourth-order valence-electron chi connectivity index (χ4n) is 2.04. The zero-order valence-corrected chi connectivity index (χ0v) is 13.4. The minimum Gasteiger partial charge on any atom is -0.376 e. The van der Waals surface area contributed by atoms with Crippen molar-refractivity contribution in [1.29, 1.82) is 0 Å². The number of amides is 1. The van der Waals surface area contributed by atoms with E-state index in [-0.39, 0.29) is 18.1 Å². The molecule has 0 heterocycles. The molecule has 0 saturated heterocycles. The van der Waals surface area contributed by atoms with Gasteiger partial charge in [-0.2, -0.15) is 5.10 Å². The number of nitrogens with one attached hydrogen (secondary N) is 2. The molecule has 0 aromatic heterocycles. The van der Waals surface area contributed by atoms with E-state index in [1.54, 1.807) is 19.1 Å². The lowest BCUT2D eigenvalue weighted by Crippen LogP contribution is -2.27. The number of carbonyl (C=O) groups is 1. The fraction of sp³-hybridized carbons (Fsp3) is 0.176. The monoisotopic (exact) mass is 326 g/mol. The van der Waals surface area contributed by atoms with E-state index in [4.69, 9.17) is 0 Å². The summed E-state index contributed by atoms with van der Waals surface area (Å²) < 4.78 is 0. The third-order valence-electron chi connectivity index (χ3n) is 3.41. The van der Waals surface area contributed by atoms with Crippen molar-refractivity contribution in [3.8, 4) is 0 Å². The Balaban J connectivity index is 1.94. The van der Waals surface area contributed by atoms with Crippen LogP contribution in [0.25, 0.3) is 0 Å². The minimum absolute atomic E-state index is 0.0189. The van der Waals surface area contributed by atoms with E-state index in [1.165, 1.54) is 12.1 Å². The average Bonchev–Trinajstić information content (AvgIpc) is 2.59. The molecule has 1 amide bonds. The van der Waals surface area contributed by atoms with Gasteiger partial charge in [-0.15, -0.1) is 0 Å². The molecule has 2 aromatic carbocycles. The lowest BCUT2D eigenvalue weighted by atomic mass is 10.1. The molecule has 0 radical (unpaired) electrons. The Morgan fingerprint density at radius 1 is 1.21 bits per heavy atom. The number of nitro benzene ring substituents is 1. The summed E-state index contributed by atoms with van der Waals surface area (Å²) in [6, 6.07) is 13.7. The first-order valence-electron chi connectivity index (χ1n) is 7.35. The summed E-state index contributed by atoms with van der Waals surface area (Å²) in [5.74, 6) is -0.303. The Morgan fingerprint density at radius 3 is 2.67 bits per heavy atom.